The summed E-state index contributed by atoms with van der Waals surface area (Å²) in [7, 11) is 0. The predicted molar refractivity (Wildman–Crippen MR) is 207 cm³/mol. The standard InChI is InChI=1S/C46H28N4/c1-2-11-34-33(10-1)35(41-25-22-31-19-18-30-9-7-26-47-44(30)45(31)50-41)23-24-40(34)43-38-14-5-3-12-36(38)42(37-13-4-6-15-39(37)43)29-16-20-32(21-17-29)46-48-27-8-28-49-46/h1-28H/i1D,2D,7D,9D,10D,11D,18D,19D,22D,23D,24D,25D,26D. The van der Waals surface area contributed by atoms with Crippen molar-refractivity contribution in [2.45, 2.75) is 0 Å². The van der Waals surface area contributed by atoms with Crippen molar-refractivity contribution in [3.63, 3.8) is 0 Å². The molecule has 0 saturated carbocycles. The highest BCUT2D eigenvalue weighted by Gasteiger charge is 2.19. The lowest BCUT2D eigenvalue weighted by molar-refractivity contribution is 1.18. The summed E-state index contributed by atoms with van der Waals surface area (Å²) in [5.41, 5.74) is 1.71. The Morgan fingerprint density at radius 1 is 0.420 bits per heavy atom. The maximum absolute atomic E-state index is 9.80. The van der Waals surface area contributed by atoms with Crippen molar-refractivity contribution in [2.75, 3.05) is 0 Å². The zero-order valence-corrected chi connectivity index (χ0v) is 25.9. The molecular weight excluding hydrogens is 609 g/mol. The summed E-state index contributed by atoms with van der Waals surface area (Å²) in [4.78, 5) is 17.5. The lowest BCUT2D eigenvalue weighted by atomic mass is 9.84. The molecule has 0 unspecified atom stereocenters. The minimum atomic E-state index is -0.650. The number of aromatic nitrogens is 4. The summed E-state index contributed by atoms with van der Waals surface area (Å²) in [6, 6.07) is 17.7. The first kappa shape index (κ1) is 18.1. The maximum Gasteiger partial charge on any atom is 0.159 e. The van der Waals surface area contributed by atoms with Gasteiger partial charge >= 0.3 is 0 Å². The van der Waals surface area contributed by atoms with E-state index in [1.165, 1.54) is 0 Å². The molecule has 0 aliphatic carbocycles. The molecule has 0 spiro atoms. The van der Waals surface area contributed by atoms with Crippen LogP contribution in [0, 0.1) is 0 Å². The first-order chi connectivity index (χ1) is 30.2. The Balaban J connectivity index is 1.34. The average Bonchev–Trinajstić information content (AvgIpc) is 3.30. The fourth-order valence-corrected chi connectivity index (χ4v) is 6.68. The number of fused-ring (bicyclic) bond motifs is 6. The van der Waals surface area contributed by atoms with Crippen molar-refractivity contribution in [1.82, 2.24) is 19.9 Å². The van der Waals surface area contributed by atoms with Gasteiger partial charge in [-0.3, -0.25) is 4.98 Å². The molecular formula is C46H28N4. The Hall–Kier alpha value is -6.78. The van der Waals surface area contributed by atoms with Gasteiger partial charge in [0, 0.05) is 40.5 Å². The van der Waals surface area contributed by atoms with Crippen LogP contribution in [0.5, 0.6) is 0 Å². The average molecular weight is 650 g/mol. The van der Waals surface area contributed by atoms with Crippen LogP contribution in [-0.4, -0.2) is 19.9 Å². The summed E-state index contributed by atoms with van der Waals surface area (Å²) in [5.74, 6) is 0.568. The summed E-state index contributed by atoms with van der Waals surface area (Å²) >= 11 is 0. The summed E-state index contributed by atoms with van der Waals surface area (Å²) in [5, 5.41) is 1.86. The first-order valence-corrected chi connectivity index (χ1v) is 15.8. The van der Waals surface area contributed by atoms with Gasteiger partial charge in [-0.15, -0.1) is 0 Å². The van der Waals surface area contributed by atoms with Gasteiger partial charge in [0.05, 0.1) is 34.5 Å². The van der Waals surface area contributed by atoms with Crippen molar-refractivity contribution in [3.8, 4) is 44.9 Å². The topological polar surface area (TPSA) is 51.6 Å². The molecule has 0 fully saturated rings. The predicted octanol–water partition coefficient (Wildman–Crippen LogP) is 11.7. The Morgan fingerprint density at radius 3 is 1.70 bits per heavy atom. The molecule has 4 heteroatoms. The van der Waals surface area contributed by atoms with Crippen molar-refractivity contribution >= 4 is 54.1 Å². The maximum atomic E-state index is 9.80. The van der Waals surface area contributed by atoms with Crippen LogP contribution >= 0.6 is 0 Å². The van der Waals surface area contributed by atoms with Crippen LogP contribution in [0.2, 0.25) is 0 Å². The largest absolute Gasteiger partial charge is 0.254 e. The molecule has 10 aromatic rings. The van der Waals surface area contributed by atoms with Gasteiger partial charge in [-0.2, -0.15) is 0 Å². The molecule has 0 aliphatic heterocycles. The number of nitrogens with zero attached hydrogens (tertiary/aromatic N) is 4. The highest BCUT2D eigenvalue weighted by Crippen LogP contribution is 2.46. The van der Waals surface area contributed by atoms with E-state index in [4.69, 9.17) is 11.0 Å². The van der Waals surface area contributed by atoms with Gasteiger partial charge < -0.3 is 0 Å². The fourth-order valence-electron chi connectivity index (χ4n) is 6.68. The van der Waals surface area contributed by atoms with Crippen LogP contribution in [0.15, 0.2) is 170 Å². The number of benzene rings is 7. The zero-order chi connectivity index (χ0) is 44.3. The molecule has 0 aliphatic rings. The molecule has 7 aromatic carbocycles. The summed E-state index contributed by atoms with van der Waals surface area (Å²) in [6.45, 7) is 0. The monoisotopic (exact) mass is 649 g/mol. The SMILES string of the molecule is [2H]c1nc2c(c([2H])c1[2H])c([2H])c([2H])c1c([2H])c([2H])c(-c3c([2H])c([2H])c(-c4c5ccccc5c(-c5ccc(-c6ncccn6)cc5)c5ccccc45)c4c([2H])c([2H])c([2H])c([2H])c34)nc12. The molecule has 0 radical (unpaired) electrons. The van der Waals surface area contributed by atoms with E-state index in [1.807, 2.05) is 72.8 Å². The van der Waals surface area contributed by atoms with E-state index in [0.29, 0.717) is 22.2 Å². The fraction of sp³-hybridized carbons (Fsp3) is 0. The molecule has 4 nitrogen and oxygen atoms in total. The lowest BCUT2D eigenvalue weighted by Gasteiger charge is -2.19. The van der Waals surface area contributed by atoms with Crippen molar-refractivity contribution in [3.05, 3.63) is 170 Å². The molecule has 0 N–H and O–H groups in total. The molecule has 0 bridgehead atoms. The molecule has 0 amide bonds. The highest BCUT2D eigenvalue weighted by molar-refractivity contribution is 6.24. The third kappa shape index (κ3) is 4.46. The minimum Gasteiger partial charge on any atom is -0.254 e. The van der Waals surface area contributed by atoms with E-state index in [0.717, 1.165) is 27.5 Å². The van der Waals surface area contributed by atoms with Crippen LogP contribution < -0.4 is 0 Å². The first-order valence-electron chi connectivity index (χ1n) is 22.3. The molecule has 3 aromatic heterocycles. The molecule has 0 saturated heterocycles. The van der Waals surface area contributed by atoms with Gasteiger partial charge in [0.15, 0.2) is 5.82 Å². The van der Waals surface area contributed by atoms with E-state index in [2.05, 4.69) is 19.9 Å². The van der Waals surface area contributed by atoms with E-state index in [-0.39, 0.29) is 43.7 Å². The van der Waals surface area contributed by atoms with E-state index >= 15 is 0 Å². The van der Waals surface area contributed by atoms with E-state index in [1.54, 1.807) is 18.5 Å². The molecule has 0 atom stereocenters. The Kier molecular flexibility index (Phi) is 4.14. The van der Waals surface area contributed by atoms with Crippen molar-refractivity contribution in [2.24, 2.45) is 0 Å². The molecule has 232 valence electrons. The van der Waals surface area contributed by atoms with Gasteiger partial charge in [-0.1, -0.05) is 133 Å². The minimum absolute atomic E-state index is 0.0415. The summed E-state index contributed by atoms with van der Waals surface area (Å²) in [6.07, 6.45) is 2.72. The number of rotatable bonds is 4. The zero-order valence-electron chi connectivity index (χ0n) is 38.9. The number of hydrogen-bond donors (Lipinski definition) is 0. The van der Waals surface area contributed by atoms with Gasteiger partial charge in [-0.25, -0.2) is 15.0 Å². The van der Waals surface area contributed by atoms with Crippen LogP contribution in [-0.2, 0) is 0 Å². The quantitative estimate of drug-likeness (QED) is 0.141. The van der Waals surface area contributed by atoms with E-state index < -0.39 is 84.4 Å². The second-order valence-corrected chi connectivity index (χ2v) is 11.6. The van der Waals surface area contributed by atoms with Crippen molar-refractivity contribution < 1.29 is 17.8 Å². The lowest BCUT2D eigenvalue weighted by Crippen LogP contribution is -1.93. The third-order valence-electron chi connectivity index (χ3n) is 8.87. The van der Waals surface area contributed by atoms with Gasteiger partial charge in [0.25, 0.3) is 0 Å². The number of pyridine rings is 2. The van der Waals surface area contributed by atoms with Crippen LogP contribution in [0.25, 0.3) is 99.0 Å². The number of hydrogen-bond acceptors (Lipinski definition) is 4. The van der Waals surface area contributed by atoms with Crippen LogP contribution in [0.3, 0.4) is 0 Å². The molecule has 3 heterocycles. The highest BCUT2D eigenvalue weighted by atomic mass is 14.8. The molecule has 50 heavy (non-hydrogen) atoms. The third-order valence-corrected chi connectivity index (χ3v) is 8.87. The van der Waals surface area contributed by atoms with E-state index in [9.17, 15) is 6.85 Å². The van der Waals surface area contributed by atoms with Gasteiger partial charge in [-0.05, 0) is 72.7 Å². The summed E-state index contributed by atoms with van der Waals surface area (Å²) < 4.78 is 117. The Morgan fingerprint density at radius 2 is 1.00 bits per heavy atom. The van der Waals surface area contributed by atoms with Gasteiger partial charge in [0.2, 0.25) is 0 Å². The normalized spacial score (nSPS) is 15.2. The second-order valence-electron chi connectivity index (χ2n) is 11.6. The second kappa shape index (κ2) is 11.4. The van der Waals surface area contributed by atoms with Gasteiger partial charge in [0.1, 0.15) is 0 Å². The van der Waals surface area contributed by atoms with Crippen molar-refractivity contribution in [1.29, 1.82) is 0 Å². The smallest absolute Gasteiger partial charge is 0.159 e. The Labute approximate surface area is 306 Å². The Bertz CT molecular complexity index is 3600. The molecule has 10 rings (SSSR count). The van der Waals surface area contributed by atoms with Crippen LogP contribution in [0.1, 0.15) is 17.8 Å². The van der Waals surface area contributed by atoms with Crippen LogP contribution in [0.4, 0.5) is 0 Å².